The normalized spacial score (nSPS) is 11.7. The van der Waals surface area contributed by atoms with Crippen LogP contribution in [0.4, 0.5) is 16.2 Å². The average Bonchev–Trinajstić information content (AvgIpc) is 2.41. The molecule has 19 heavy (non-hydrogen) atoms. The molecular formula is C15H24N2O2. The number of unbranched alkanes of at least 4 members (excludes halogenated alkanes) is 2. The number of methoxy groups -OCH3 is 1. The minimum absolute atomic E-state index is 0.450. The van der Waals surface area contributed by atoms with Gasteiger partial charge in [0, 0.05) is 17.4 Å². The maximum Gasteiger partial charge on any atom is 0.411 e. The fourth-order valence-electron chi connectivity index (χ4n) is 1.88. The number of nitrogens with one attached hydrogen (secondary N) is 2. The summed E-state index contributed by atoms with van der Waals surface area (Å²) < 4.78 is 4.54. The molecule has 106 valence electrons. The van der Waals surface area contributed by atoms with Crippen LogP contribution < -0.4 is 10.6 Å². The van der Waals surface area contributed by atoms with Gasteiger partial charge in [-0.3, -0.25) is 5.32 Å². The van der Waals surface area contributed by atoms with Crippen molar-refractivity contribution in [3.05, 3.63) is 24.3 Å². The topological polar surface area (TPSA) is 50.4 Å². The van der Waals surface area contributed by atoms with Gasteiger partial charge in [0.1, 0.15) is 0 Å². The summed E-state index contributed by atoms with van der Waals surface area (Å²) in [5, 5.41) is 6.08. The van der Waals surface area contributed by atoms with Crippen molar-refractivity contribution in [2.45, 2.75) is 45.6 Å². The second-order valence-electron chi connectivity index (χ2n) is 4.74. The molecule has 0 aliphatic rings. The van der Waals surface area contributed by atoms with Crippen LogP contribution in [0.25, 0.3) is 0 Å². The van der Waals surface area contributed by atoms with Gasteiger partial charge in [-0.25, -0.2) is 4.79 Å². The van der Waals surface area contributed by atoms with Crippen molar-refractivity contribution in [1.82, 2.24) is 0 Å². The Morgan fingerprint density at radius 3 is 2.42 bits per heavy atom. The van der Waals surface area contributed by atoms with Gasteiger partial charge in [-0.05, 0) is 37.6 Å². The molecule has 1 atom stereocenters. The molecule has 4 heteroatoms. The molecule has 0 heterocycles. The summed E-state index contributed by atoms with van der Waals surface area (Å²) in [5.41, 5.74) is 1.80. The van der Waals surface area contributed by atoms with Gasteiger partial charge in [0.15, 0.2) is 0 Å². The van der Waals surface area contributed by atoms with Gasteiger partial charge in [-0.2, -0.15) is 0 Å². The van der Waals surface area contributed by atoms with E-state index in [2.05, 4.69) is 29.2 Å². The zero-order chi connectivity index (χ0) is 14.1. The monoisotopic (exact) mass is 264 g/mol. The minimum atomic E-state index is -0.450. The molecule has 0 fully saturated rings. The third kappa shape index (κ3) is 6.13. The highest BCUT2D eigenvalue weighted by molar-refractivity contribution is 5.84. The Bertz CT molecular complexity index is 376. The lowest BCUT2D eigenvalue weighted by atomic mass is 10.1. The molecule has 0 bridgehead atoms. The first-order valence-corrected chi connectivity index (χ1v) is 6.87. The lowest BCUT2D eigenvalue weighted by Gasteiger charge is -2.15. The summed E-state index contributed by atoms with van der Waals surface area (Å²) in [6.07, 6.45) is 4.52. The number of benzene rings is 1. The average molecular weight is 264 g/mol. The van der Waals surface area contributed by atoms with Crippen LogP contribution in [-0.4, -0.2) is 19.2 Å². The van der Waals surface area contributed by atoms with Crippen LogP contribution in [0, 0.1) is 0 Å². The molecule has 1 unspecified atom stereocenters. The van der Waals surface area contributed by atoms with Gasteiger partial charge >= 0.3 is 6.09 Å². The molecule has 4 nitrogen and oxygen atoms in total. The number of carbonyl (C=O) groups is 1. The van der Waals surface area contributed by atoms with Crippen molar-refractivity contribution >= 4 is 17.5 Å². The predicted octanol–water partition coefficient (Wildman–Crippen LogP) is 4.25. The molecule has 0 saturated carbocycles. The fourth-order valence-corrected chi connectivity index (χ4v) is 1.88. The van der Waals surface area contributed by atoms with Crippen LogP contribution >= 0.6 is 0 Å². The third-order valence-corrected chi connectivity index (χ3v) is 2.97. The Kier molecular flexibility index (Phi) is 6.79. The number of hydrogen-bond donors (Lipinski definition) is 2. The Hall–Kier alpha value is -1.71. The maximum absolute atomic E-state index is 11.0. The highest BCUT2D eigenvalue weighted by Crippen LogP contribution is 2.16. The van der Waals surface area contributed by atoms with E-state index in [4.69, 9.17) is 0 Å². The number of carbonyl (C=O) groups excluding carboxylic acids is 1. The van der Waals surface area contributed by atoms with Gasteiger partial charge in [0.2, 0.25) is 0 Å². The van der Waals surface area contributed by atoms with Crippen molar-refractivity contribution in [3.8, 4) is 0 Å². The van der Waals surface area contributed by atoms with Crippen molar-refractivity contribution in [2.24, 2.45) is 0 Å². The van der Waals surface area contributed by atoms with Crippen molar-refractivity contribution < 1.29 is 9.53 Å². The van der Waals surface area contributed by atoms with Crippen LogP contribution in [-0.2, 0) is 4.74 Å². The number of ether oxygens (including phenoxy) is 1. The lowest BCUT2D eigenvalue weighted by molar-refractivity contribution is 0.187. The molecule has 0 spiro atoms. The molecule has 0 aliphatic carbocycles. The Morgan fingerprint density at radius 1 is 1.21 bits per heavy atom. The molecule has 2 N–H and O–H groups in total. The number of anilines is 2. The van der Waals surface area contributed by atoms with Crippen LogP contribution in [0.5, 0.6) is 0 Å². The second kappa shape index (κ2) is 8.40. The first-order chi connectivity index (χ1) is 9.15. The van der Waals surface area contributed by atoms with Crippen molar-refractivity contribution in [2.75, 3.05) is 17.7 Å². The van der Waals surface area contributed by atoms with E-state index in [0.29, 0.717) is 6.04 Å². The summed E-state index contributed by atoms with van der Waals surface area (Å²) in [5.74, 6) is 0. The maximum atomic E-state index is 11.0. The van der Waals surface area contributed by atoms with Crippen LogP contribution in [0.2, 0.25) is 0 Å². The number of amides is 1. The molecule has 0 aromatic heterocycles. The molecule has 0 saturated heterocycles. The van der Waals surface area contributed by atoms with Crippen LogP contribution in [0.1, 0.15) is 39.5 Å². The Labute approximate surface area is 115 Å². The third-order valence-electron chi connectivity index (χ3n) is 2.97. The molecule has 0 aliphatic heterocycles. The first kappa shape index (κ1) is 15.3. The fraction of sp³-hybridized carbons (Fsp3) is 0.533. The van der Waals surface area contributed by atoms with Crippen molar-refractivity contribution in [3.63, 3.8) is 0 Å². The summed E-state index contributed by atoms with van der Waals surface area (Å²) in [6.45, 7) is 4.40. The number of hydrogen-bond acceptors (Lipinski definition) is 3. The Balaban J connectivity index is 2.41. The highest BCUT2D eigenvalue weighted by Gasteiger charge is 2.03. The highest BCUT2D eigenvalue weighted by atomic mass is 16.5. The lowest BCUT2D eigenvalue weighted by Crippen LogP contribution is -2.15. The molecule has 1 aromatic rings. The van der Waals surface area contributed by atoms with Crippen LogP contribution in [0.3, 0.4) is 0 Å². The van der Waals surface area contributed by atoms with E-state index in [9.17, 15) is 4.79 Å². The molecule has 1 amide bonds. The quantitative estimate of drug-likeness (QED) is 0.724. The molecule has 1 rings (SSSR count). The van der Waals surface area contributed by atoms with E-state index in [1.165, 1.54) is 32.8 Å². The molecular weight excluding hydrogens is 240 g/mol. The molecule has 1 aromatic carbocycles. The molecule has 0 radical (unpaired) electrons. The van der Waals surface area contributed by atoms with E-state index in [0.717, 1.165) is 11.4 Å². The summed E-state index contributed by atoms with van der Waals surface area (Å²) in [7, 11) is 1.35. The smallest absolute Gasteiger partial charge is 0.411 e. The predicted molar refractivity (Wildman–Crippen MR) is 79.7 cm³/mol. The summed E-state index contributed by atoms with van der Waals surface area (Å²) in [4.78, 5) is 11.0. The summed E-state index contributed by atoms with van der Waals surface area (Å²) >= 11 is 0. The standard InChI is InChI=1S/C15H24N2O2/c1-4-5-6-7-12(2)16-13-8-10-14(11-9-13)17-15(18)19-3/h8-12,16H,4-7H2,1-3H3,(H,17,18). The minimum Gasteiger partial charge on any atom is -0.453 e. The largest absolute Gasteiger partial charge is 0.453 e. The van der Waals surface area contributed by atoms with E-state index >= 15 is 0 Å². The van der Waals surface area contributed by atoms with Gasteiger partial charge < -0.3 is 10.1 Å². The van der Waals surface area contributed by atoms with Gasteiger partial charge in [0.25, 0.3) is 0 Å². The number of rotatable bonds is 7. The van der Waals surface area contributed by atoms with E-state index in [1.54, 1.807) is 0 Å². The Morgan fingerprint density at radius 2 is 1.84 bits per heavy atom. The van der Waals surface area contributed by atoms with Crippen LogP contribution in [0.15, 0.2) is 24.3 Å². The SMILES string of the molecule is CCCCCC(C)Nc1ccc(NC(=O)OC)cc1. The van der Waals surface area contributed by atoms with Gasteiger partial charge in [-0.1, -0.05) is 26.2 Å². The van der Waals surface area contributed by atoms with Crippen molar-refractivity contribution in [1.29, 1.82) is 0 Å². The van der Waals surface area contributed by atoms with E-state index in [1.807, 2.05) is 24.3 Å². The van der Waals surface area contributed by atoms with E-state index < -0.39 is 6.09 Å². The zero-order valence-corrected chi connectivity index (χ0v) is 12.0. The summed E-state index contributed by atoms with van der Waals surface area (Å²) in [6, 6.07) is 8.10. The van der Waals surface area contributed by atoms with Gasteiger partial charge in [-0.15, -0.1) is 0 Å². The van der Waals surface area contributed by atoms with Gasteiger partial charge in [0.05, 0.1) is 7.11 Å². The van der Waals surface area contributed by atoms with E-state index in [-0.39, 0.29) is 0 Å². The zero-order valence-electron chi connectivity index (χ0n) is 12.0. The second-order valence-corrected chi connectivity index (χ2v) is 4.74. The first-order valence-electron chi connectivity index (χ1n) is 6.87.